The number of hydrazone groups is 1. The van der Waals surface area contributed by atoms with Gasteiger partial charge in [0.15, 0.2) is 17.2 Å². The summed E-state index contributed by atoms with van der Waals surface area (Å²) in [6.45, 7) is 3.82. The highest BCUT2D eigenvalue weighted by molar-refractivity contribution is 6.01. The van der Waals surface area contributed by atoms with Gasteiger partial charge in [-0.15, -0.1) is 0 Å². The fourth-order valence-electron chi connectivity index (χ4n) is 2.46. The van der Waals surface area contributed by atoms with Crippen molar-refractivity contribution in [3.05, 3.63) is 57.6 Å². The van der Waals surface area contributed by atoms with Crippen molar-refractivity contribution in [1.29, 1.82) is 0 Å². The molecular weight excluding hydrogens is 354 g/mol. The summed E-state index contributed by atoms with van der Waals surface area (Å²) in [7, 11) is 0. The molecule has 1 N–H and O–H groups in total. The molecule has 1 heterocycles. The molecule has 0 saturated carbocycles. The lowest BCUT2D eigenvalue weighted by molar-refractivity contribution is -0.385. The highest BCUT2D eigenvalue weighted by Crippen LogP contribution is 2.32. The maximum absolute atomic E-state index is 12.3. The van der Waals surface area contributed by atoms with Gasteiger partial charge in [-0.3, -0.25) is 14.9 Å². The number of nitro groups is 1. The van der Waals surface area contributed by atoms with E-state index in [2.05, 4.69) is 10.5 Å². The second-order valence-corrected chi connectivity index (χ2v) is 5.58. The fourth-order valence-corrected chi connectivity index (χ4v) is 2.46. The standard InChI is InChI=1S/C18H17N3O6/c1-3-25-15-6-4-12(8-14(15)21(23)24)11(2)19-20-18(22)13-5-7-16-17(9-13)27-10-26-16/h4-9H,3,10H2,1-2H3,(H,20,22). The van der Waals surface area contributed by atoms with E-state index in [1.54, 1.807) is 38.1 Å². The molecule has 0 spiro atoms. The van der Waals surface area contributed by atoms with Gasteiger partial charge in [-0.05, 0) is 44.2 Å². The van der Waals surface area contributed by atoms with Gasteiger partial charge in [-0.25, -0.2) is 5.43 Å². The zero-order chi connectivity index (χ0) is 19.4. The Labute approximate surface area is 154 Å². The van der Waals surface area contributed by atoms with Crippen LogP contribution in [0.15, 0.2) is 41.5 Å². The Morgan fingerprint density at radius 2 is 1.96 bits per heavy atom. The van der Waals surface area contributed by atoms with E-state index >= 15 is 0 Å². The van der Waals surface area contributed by atoms with E-state index in [0.29, 0.717) is 34.9 Å². The number of nitrogens with one attached hydrogen (secondary N) is 1. The van der Waals surface area contributed by atoms with Crippen LogP contribution < -0.4 is 19.6 Å². The Balaban J connectivity index is 1.76. The van der Waals surface area contributed by atoms with Crippen molar-refractivity contribution < 1.29 is 23.9 Å². The van der Waals surface area contributed by atoms with Crippen LogP contribution in [0.1, 0.15) is 29.8 Å². The third-order valence-electron chi connectivity index (χ3n) is 3.83. The van der Waals surface area contributed by atoms with Gasteiger partial charge in [-0.2, -0.15) is 5.10 Å². The Bertz CT molecular complexity index is 925. The van der Waals surface area contributed by atoms with Crippen LogP contribution in [0.4, 0.5) is 5.69 Å². The van der Waals surface area contributed by atoms with Gasteiger partial charge in [0.1, 0.15) is 0 Å². The molecule has 2 aromatic carbocycles. The summed E-state index contributed by atoms with van der Waals surface area (Å²) in [5.74, 6) is 0.815. The molecule has 0 aromatic heterocycles. The van der Waals surface area contributed by atoms with Gasteiger partial charge in [0.25, 0.3) is 5.91 Å². The quantitative estimate of drug-likeness (QED) is 0.475. The van der Waals surface area contributed by atoms with Crippen molar-refractivity contribution in [3.8, 4) is 17.2 Å². The lowest BCUT2D eigenvalue weighted by Crippen LogP contribution is -2.19. The van der Waals surface area contributed by atoms with Crippen molar-refractivity contribution in [2.75, 3.05) is 13.4 Å². The van der Waals surface area contributed by atoms with Crippen LogP contribution >= 0.6 is 0 Å². The van der Waals surface area contributed by atoms with Crippen LogP contribution in [0, 0.1) is 10.1 Å². The zero-order valence-electron chi connectivity index (χ0n) is 14.7. The minimum atomic E-state index is -0.521. The van der Waals surface area contributed by atoms with Crippen molar-refractivity contribution >= 4 is 17.3 Å². The molecule has 0 fully saturated rings. The Kier molecular flexibility index (Phi) is 5.20. The van der Waals surface area contributed by atoms with E-state index in [-0.39, 0.29) is 18.2 Å². The summed E-state index contributed by atoms with van der Waals surface area (Å²) in [5, 5.41) is 15.2. The van der Waals surface area contributed by atoms with Gasteiger partial charge in [-0.1, -0.05) is 0 Å². The first-order valence-electron chi connectivity index (χ1n) is 8.15. The van der Waals surface area contributed by atoms with Gasteiger partial charge >= 0.3 is 5.69 Å². The van der Waals surface area contributed by atoms with Crippen molar-refractivity contribution in [3.63, 3.8) is 0 Å². The molecule has 0 aliphatic carbocycles. The molecule has 0 radical (unpaired) electrons. The molecular formula is C18H17N3O6. The van der Waals surface area contributed by atoms with Crippen LogP contribution in [0.5, 0.6) is 17.2 Å². The number of ether oxygens (including phenoxy) is 3. The first-order chi connectivity index (χ1) is 13.0. The summed E-state index contributed by atoms with van der Waals surface area (Å²) in [4.78, 5) is 22.9. The third kappa shape index (κ3) is 3.97. The number of rotatable bonds is 6. The number of amides is 1. The van der Waals surface area contributed by atoms with Gasteiger partial charge < -0.3 is 14.2 Å². The average Bonchev–Trinajstić information content (AvgIpc) is 3.14. The van der Waals surface area contributed by atoms with Crippen molar-refractivity contribution in [2.45, 2.75) is 13.8 Å². The predicted octanol–water partition coefficient (Wildman–Crippen LogP) is 2.88. The predicted molar refractivity (Wildman–Crippen MR) is 96.5 cm³/mol. The van der Waals surface area contributed by atoms with E-state index in [9.17, 15) is 14.9 Å². The number of benzene rings is 2. The minimum Gasteiger partial charge on any atom is -0.487 e. The molecule has 2 aromatic rings. The van der Waals surface area contributed by atoms with E-state index in [1.807, 2.05) is 0 Å². The highest BCUT2D eigenvalue weighted by atomic mass is 16.7. The number of hydrogen-bond acceptors (Lipinski definition) is 7. The SMILES string of the molecule is CCOc1ccc(C(C)=NNC(=O)c2ccc3c(c2)OCO3)cc1[N+](=O)[O-]. The number of carbonyl (C=O) groups excluding carboxylic acids is 1. The Hall–Kier alpha value is -3.62. The lowest BCUT2D eigenvalue weighted by Gasteiger charge is -2.07. The first kappa shape index (κ1) is 18.2. The summed E-state index contributed by atoms with van der Waals surface area (Å²) in [6.07, 6.45) is 0. The van der Waals surface area contributed by atoms with Crippen LogP contribution in [0.2, 0.25) is 0 Å². The van der Waals surface area contributed by atoms with E-state index in [1.165, 1.54) is 12.1 Å². The number of nitro benzene ring substituents is 1. The molecule has 27 heavy (non-hydrogen) atoms. The van der Waals surface area contributed by atoms with Crippen LogP contribution in [0.3, 0.4) is 0 Å². The van der Waals surface area contributed by atoms with Crippen LogP contribution in [0.25, 0.3) is 0 Å². The normalized spacial score (nSPS) is 12.6. The highest BCUT2D eigenvalue weighted by Gasteiger charge is 2.18. The number of carbonyl (C=O) groups is 1. The fraction of sp³-hybridized carbons (Fsp3) is 0.222. The second-order valence-electron chi connectivity index (χ2n) is 5.58. The molecule has 9 heteroatoms. The van der Waals surface area contributed by atoms with Crippen molar-refractivity contribution in [1.82, 2.24) is 5.43 Å². The number of hydrogen-bond donors (Lipinski definition) is 1. The lowest BCUT2D eigenvalue weighted by atomic mass is 10.1. The maximum Gasteiger partial charge on any atom is 0.311 e. The molecule has 9 nitrogen and oxygen atoms in total. The summed E-state index contributed by atoms with van der Waals surface area (Å²) in [6, 6.07) is 9.30. The van der Waals surface area contributed by atoms with E-state index in [0.717, 1.165) is 0 Å². The molecule has 1 aliphatic rings. The molecule has 0 saturated heterocycles. The second kappa shape index (κ2) is 7.73. The molecule has 3 rings (SSSR count). The molecule has 140 valence electrons. The smallest absolute Gasteiger partial charge is 0.311 e. The first-order valence-corrected chi connectivity index (χ1v) is 8.15. The van der Waals surface area contributed by atoms with Crippen LogP contribution in [-0.4, -0.2) is 29.9 Å². The minimum absolute atomic E-state index is 0.119. The molecule has 0 unspecified atom stereocenters. The van der Waals surface area contributed by atoms with Crippen molar-refractivity contribution in [2.24, 2.45) is 5.10 Å². The number of fused-ring (bicyclic) bond motifs is 1. The average molecular weight is 371 g/mol. The molecule has 1 aliphatic heterocycles. The van der Waals surface area contributed by atoms with E-state index < -0.39 is 10.8 Å². The summed E-state index contributed by atoms with van der Waals surface area (Å²) < 4.78 is 15.7. The van der Waals surface area contributed by atoms with E-state index in [4.69, 9.17) is 14.2 Å². The third-order valence-corrected chi connectivity index (χ3v) is 3.83. The van der Waals surface area contributed by atoms with Gasteiger partial charge in [0.05, 0.1) is 17.2 Å². The maximum atomic E-state index is 12.3. The Morgan fingerprint density at radius 1 is 1.22 bits per heavy atom. The topological polar surface area (TPSA) is 112 Å². The molecule has 1 amide bonds. The largest absolute Gasteiger partial charge is 0.487 e. The molecule has 0 atom stereocenters. The van der Waals surface area contributed by atoms with Gasteiger partial charge in [0, 0.05) is 17.2 Å². The monoisotopic (exact) mass is 371 g/mol. The van der Waals surface area contributed by atoms with Gasteiger partial charge in [0.2, 0.25) is 6.79 Å². The summed E-state index contributed by atoms with van der Waals surface area (Å²) >= 11 is 0. The zero-order valence-corrected chi connectivity index (χ0v) is 14.7. The Morgan fingerprint density at radius 3 is 2.70 bits per heavy atom. The summed E-state index contributed by atoms with van der Waals surface area (Å²) in [5.41, 5.74) is 3.53. The van der Waals surface area contributed by atoms with Crippen LogP contribution in [-0.2, 0) is 0 Å². The molecule has 0 bridgehead atoms. The number of nitrogens with zero attached hydrogens (tertiary/aromatic N) is 2.